The molecule has 0 aliphatic carbocycles. The molecule has 0 aliphatic heterocycles. The molecular formula is C28H24N4OS2. The largest absolute Gasteiger partial charge is 0.325 e. The Morgan fingerprint density at radius 2 is 1.66 bits per heavy atom. The minimum Gasteiger partial charge on any atom is -0.325 e. The predicted octanol–water partition coefficient (Wildman–Crippen LogP) is 7.08. The molecule has 0 radical (unpaired) electrons. The van der Waals surface area contributed by atoms with Crippen molar-refractivity contribution >= 4 is 34.7 Å². The van der Waals surface area contributed by atoms with Crippen molar-refractivity contribution in [3.05, 3.63) is 113 Å². The van der Waals surface area contributed by atoms with E-state index in [1.54, 1.807) is 11.3 Å². The van der Waals surface area contributed by atoms with Gasteiger partial charge in [0.1, 0.15) is 5.25 Å². The Morgan fingerprint density at radius 3 is 2.37 bits per heavy atom. The highest BCUT2D eigenvalue weighted by molar-refractivity contribution is 8.00. The average molecular weight is 497 g/mol. The fraction of sp³-hybridized carbons (Fsp3) is 0.107. The molecule has 0 saturated heterocycles. The molecule has 3 aromatic carbocycles. The Balaban J connectivity index is 1.55. The van der Waals surface area contributed by atoms with E-state index in [0.717, 1.165) is 38.8 Å². The van der Waals surface area contributed by atoms with Crippen molar-refractivity contribution in [2.24, 2.45) is 0 Å². The van der Waals surface area contributed by atoms with E-state index >= 15 is 0 Å². The first-order valence-corrected chi connectivity index (χ1v) is 13.0. The zero-order valence-corrected chi connectivity index (χ0v) is 21.0. The summed E-state index contributed by atoms with van der Waals surface area (Å²) in [6, 6.07) is 29.9. The van der Waals surface area contributed by atoms with Gasteiger partial charge >= 0.3 is 0 Å². The number of aryl methyl sites for hydroxylation is 2. The maximum atomic E-state index is 13.7. The normalized spacial score (nSPS) is 11.8. The molecule has 5 rings (SSSR count). The number of aromatic nitrogens is 3. The van der Waals surface area contributed by atoms with Crippen LogP contribution in [0.4, 0.5) is 5.69 Å². The monoisotopic (exact) mass is 496 g/mol. The van der Waals surface area contributed by atoms with E-state index < -0.39 is 5.25 Å². The van der Waals surface area contributed by atoms with Crippen LogP contribution in [-0.4, -0.2) is 20.7 Å². The molecule has 0 fully saturated rings. The van der Waals surface area contributed by atoms with Gasteiger partial charge in [-0.2, -0.15) is 0 Å². The summed E-state index contributed by atoms with van der Waals surface area (Å²) in [5, 5.41) is 14.4. The van der Waals surface area contributed by atoms with Crippen LogP contribution in [-0.2, 0) is 4.79 Å². The van der Waals surface area contributed by atoms with E-state index in [9.17, 15) is 4.79 Å². The van der Waals surface area contributed by atoms with Crippen molar-refractivity contribution in [3.8, 4) is 16.4 Å². The van der Waals surface area contributed by atoms with Crippen molar-refractivity contribution in [1.29, 1.82) is 0 Å². The minimum absolute atomic E-state index is 0.102. The van der Waals surface area contributed by atoms with Crippen LogP contribution in [0.15, 0.2) is 102 Å². The molecule has 1 N–H and O–H groups in total. The molecule has 5 nitrogen and oxygen atoms in total. The van der Waals surface area contributed by atoms with Crippen LogP contribution in [0.2, 0.25) is 0 Å². The molecule has 1 amide bonds. The first kappa shape index (κ1) is 23.1. The number of anilines is 1. The number of carbonyl (C=O) groups excluding carboxylic acids is 1. The lowest BCUT2D eigenvalue weighted by atomic mass is 10.1. The number of carbonyl (C=O) groups is 1. The highest BCUT2D eigenvalue weighted by atomic mass is 32.2. The van der Waals surface area contributed by atoms with E-state index in [2.05, 4.69) is 15.5 Å². The number of hydrogen-bond acceptors (Lipinski definition) is 5. The first-order chi connectivity index (χ1) is 17.1. The number of thioether (sulfide) groups is 1. The number of hydrogen-bond donors (Lipinski definition) is 1. The standard InChI is InChI=1S/C28H24N4OS2/c1-19-15-16-20(2)23(18-19)29-27(33)25(21-10-5-3-6-11-21)35-28-31-30-26(24-14-9-17-34-24)32(28)22-12-7-4-8-13-22/h3-18,25H,1-2H3,(H,29,33)/t25-/m1/s1. The molecule has 0 aliphatic rings. The summed E-state index contributed by atoms with van der Waals surface area (Å²) >= 11 is 3.01. The Kier molecular flexibility index (Phi) is 6.79. The summed E-state index contributed by atoms with van der Waals surface area (Å²) in [6.07, 6.45) is 0. The molecular weight excluding hydrogens is 472 g/mol. The lowest BCUT2D eigenvalue weighted by Crippen LogP contribution is -2.20. The average Bonchev–Trinajstić information content (AvgIpc) is 3.56. The van der Waals surface area contributed by atoms with Gasteiger partial charge in [-0.1, -0.05) is 78.5 Å². The van der Waals surface area contributed by atoms with Gasteiger partial charge < -0.3 is 5.32 Å². The Hall–Kier alpha value is -3.68. The second kappa shape index (κ2) is 10.3. The van der Waals surface area contributed by atoms with Crippen LogP contribution in [0.1, 0.15) is 21.9 Å². The van der Waals surface area contributed by atoms with Crippen LogP contribution < -0.4 is 5.32 Å². The molecule has 0 spiro atoms. The van der Waals surface area contributed by atoms with Crippen molar-refractivity contribution < 1.29 is 4.79 Å². The molecule has 174 valence electrons. The summed E-state index contributed by atoms with van der Waals surface area (Å²) < 4.78 is 2.03. The minimum atomic E-state index is -0.515. The number of para-hydroxylation sites is 1. The summed E-state index contributed by atoms with van der Waals surface area (Å²) in [7, 11) is 0. The first-order valence-electron chi connectivity index (χ1n) is 11.2. The second-order valence-electron chi connectivity index (χ2n) is 8.17. The van der Waals surface area contributed by atoms with Gasteiger partial charge in [0, 0.05) is 11.4 Å². The fourth-order valence-electron chi connectivity index (χ4n) is 3.80. The van der Waals surface area contributed by atoms with E-state index in [-0.39, 0.29) is 5.91 Å². The highest BCUT2D eigenvalue weighted by Gasteiger charge is 2.27. The molecule has 2 heterocycles. The predicted molar refractivity (Wildman–Crippen MR) is 144 cm³/mol. The van der Waals surface area contributed by atoms with Crippen LogP contribution in [0, 0.1) is 13.8 Å². The smallest absolute Gasteiger partial charge is 0.242 e. The van der Waals surface area contributed by atoms with Crippen molar-refractivity contribution in [2.75, 3.05) is 5.32 Å². The molecule has 0 saturated carbocycles. The Labute approximate surface area is 212 Å². The van der Waals surface area contributed by atoms with Crippen LogP contribution in [0.25, 0.3) is 16.4 Å². The zero-order chi connectivity index (χ0) is 24.2. The third-order valence-electron chi connectivity index (χ3n) is 5.60. The van der Waals surface area contributed by atoms with Crippen molar-refractivity contribution in [1.82, 2.24) is 14.8 Å². The van der Waals surface area contributed by atoms with Crippen LogP contribution >= 0.6 is 23.1 Å². The Morgan fingerprint density at radius 1 is 0.914 bits per heavy atom. The van der Waals surface area contributed by atoms with Gasteiger partial charge in [0.25, 0.3) is 0 Å². The summed E-state index contributed by atoms with van der Waals surface area (Å²) in [5.74, 6) is 0.658. The number of benzene rings is 3. The number of thiophene rings is 1. The third-order valence-corrected chi connectivity index (χ3v) is 7.67. The molecule has 7 heteroatoms. The summed E-state index contributed by atoms with van der Waals surface area (Å²) in [5.41, 5.74) is 4.79. The number of rotatable bonds is 7. The SMILES string of the molecule is Cc1ccc(C)c(NC(=O)[C@H](Sc2nnc(-c3cccs3)n2-c2ccccc2)c2ccccc2)c1. The molecule has 2 aromatic heterocycles. The quantitative estimate of drug-likeness (QED) is 0.245. The molecule has 1 atom stereocenters. The topological polar surface area (TPSA) is 59.8 Å². The van der Waals surface area contributed by atoms with Crippen molar-refractivity contribution in [3.63, 3.8) is 0 Å². The van der Waals surface area contributed by atoms with Crippen molar-refractivity contribution in [2.45, 2.75) is 24.3 Å². The van der Waals surface area contributed by atoms with Crippen LogP contribution in [0.5, 0.6) is 0 Å². The van der Waals surface area contributed by atoms with Gasteiger partial charge in [0.05, 0.1) is 4.88 Å². The molecule has 0 bridgehead atoms. The van der Waals surface area contributed by atoms with Gasteiger partial charge in [0.2, 0.25) is 5.91 Å². The lowest BCUT2D eigenvalue weighted by Gasteiger charge is -2.18. The van der Waals surface area contributed by atoms with Gasteiger partial charge in [-0.25, -0.2) is 0 Å². The number of nitrogens with one attached hydrogen (secondary N) is 1. The van der Waals surface area contributed by atoms with E-state index in [1.807, 2.05) is 115 Å². The highest BCUT2D eigenvalue weighted by Crippen LogP contribution is 2.39. The van der Waals surface area contributed by atoms with Gasteiger partial charge in [0.15, 0.2) is 11.0 Å². The van der Waals surface area contributed by atoms with E-state index in [1.165, 1.54) is 11.8 Å². The van der Waals surface area contributed by atoms with Gasteiger partial charge in [-0.05, 0) is 60.2 Å². The fourth-order valence-corrected chi connectivity index (χ4v) is 5.55. The third kappa shape index (κ3) is 5.06. The summed E-state index contributed by atoms with van der Waals surface area (Å²) in [4.78, 5) is 14.7. The lowest BCUT2D eigenvalue weighted by molar-refractivity contribution is -0.115. The molecule has 5 aromatic rings. The van der Waals surface area contributed by atoms with E-state index in [0.29, 0.717) is 5.16 Å². The maximum Gasteiger partial charge on any atom is 0.242 e. The second-order valence-corrected chi connectivity index (χ2v) is 10.2. The van der Waals surface area contributed by atoms with E-state index in [4.69, 9.17) is 0 Å². The number of amides is 1. The Bertz CT molecular complexity index is 1430. The molecule has 35 heavy (non-hydrogen) atoms. The van der Waals surface area contributed by atoms with Gasteiger partial charge in [-0.3, -0.25) is 9.36 Å². The molecule has 0 unspecified atom stereocenters. The zero-order valence-electron chi connectivity index (χ0n) is 19.4. The summed E-state index contributed by atoms with van der Waals surface area (Å²) in [6.45, 7) is 4.02. The number of nitrogens with zero attached hydrogens (tertiary/aromatic N) is 3. The van der Waals surface area contributed by atoms with Crippen LogP contribution in [0.3, 0.4) is 0 Å². The van der Waals surface area contributed by atoms with Gasteiger partial charge in [-0.15, -0.1) is 21.5 Å². The maximum absolute atomic E-state index is 13.7.